The van der Waals surface area contributed by atoms with E-state index >= 15 is 0 Å². The van der Waals surface area contributed by atoms with Gasteiger partial charge in [-0.3, -0.25) is 0 Å². The number of aliphatic hydroxyl groups is 1. The van der Waals surface area contributed by atoms with Crippen molar-refractivity contribution >= 4 is 0 Å². The average Bonchev–Trinajstić information content (AvgIpc) is 2.52. The Balaban J connectivity index is 1.90. The second kappa shape index (κ2) is 4.76. The molecule has 1 aromatic carbocycles. The van der Waals surface area contributed by atoms with Gasteiger partial charge in [-0.2, -0.15) is 0 Å². The van der Waals surface area contributed by atoms with E-state index in [0.29, 0.717) is 17.7 Å². The largest absolute Gasteiger partial charge is 0.487 e. The SMILES string of the molecule is CN1CCCC2(CC1)C[C@H](O)c1ccc(F)cc1O2. The van der Waals surface area contributed by atoms with E-state index in [1.807, 2.05) is 0 Å². The zero-order valence-corrected chi connectivity index (χ0v) is 11.2. The monoisotopic (exact) mass is 265 g/mol. The van der Waals surface area contributed by atoms with Crippen LogP contribution >= 0.6 is 0 Å². The van der Waals surface area contributed by atoms with Gasteiger partial charge in [-0.25, -0.2) is 4.39 Å². The molecule has 1 fully saturated rings. The minimum Gasteiger partial charge on any atom is -0.487 e. The molecule has 2 atom stereocenters. The Labute approximate surface area is 113 Å². The number of aliphatic hydroxyl groups excluding tert-OH is 1. The van der Waals surface area contributed by atoms with Crippen molar-refractivity contribution in [2.45, 2.75) is 37.4 Å². The van der Waals surface area contributed by atoms with E-state index in [0.717, 1.165) is 32.4 Å². The van der Waals surface area contributed by atoms with Crippen LogP contribution in [0.4, 0.5) is 4.39 Å². The molecule has 3 nitrogen and oxygen atoms in total. The highest BCUT2D eigenvalue weighted by molar-refractivity contribution is 5.38. The highest BCUT2D eigenvalue weighted by Crippen LogP contribution is 2.44. The summed E-state index contributed by atoms with van der Waals surface area (Å²) < 4.78 is 19.5. The Hall–Kier alpha value is -1.13. The van der Waals surface area contributed by atoms with Gasteiger partial charge in [0.05, 0.1) is 6.10 Å². The molecule has 1 N–H and O–H groups in total. The first-order chi connectivity index (χ1) is 9.08. The van der Waals surface area contributed by atoms with Crippen molar-refractivity contribution in [2.24, 2.45) is 0 Å². The number of benzene rings is 1. The number of rotatable bonds is 0. The highest BCUT2D eigenvalue weighted by Gasteiger charge is 2.41. The van der Waals surface area contributed by atoms with Crippen molar-refractivity contribution in [3.8, 4) is 5.75 Å². The van der Waals surface area contributed by atoms with Crippen LogP contribution < -0.4 is 4.74 Å². The van der Waals surface area contributed by atoms with E-state index in [1.165, 1.54) is 12.1 Å². The Morgan fingerprint density at radius 2 is 2.21 bits per heavy atom. The maximum Gasteiger partial charge on any atom is 0.128 e. The number of hydrogen-bond donors (Lipinski definition) is 1. The molecule has 2 aliphatic heterocycles. The van der Waals surface area contributed by atoms with E-state index in [9.17, 15) is 9.50 Å². The normalized spacial score (nSPS) is 31.6. The molecule has 2 aliphatic rings. The fourth-order valence-corrected chi connectivity index (χ4v) is 3.22. The zero-order chi connectivity index (χ0) is 13.5. The summed E-state index contributed by atoms with van der Waals surface area (Å²) in [5.41, 5.74) is 0.384. The quantitative estimate of drug-likeness (QED) is 0.782. The third kappa shape index (κ3) is 2.47. The van der Waals surface area contributed by atoms with Gasteiger partial charge in [0.2, 0.25) is 0 Å². The van der Waals surface area contributed by atoms with Crippen LogP contribution in [-0.4, -0.2) is 35.7 Å². The summed E-state index contributed by atoms with van der Waals surface area (Å²) in [4.78, 5) is 2.28. The van der Waals surface area contributed by atoms with Gasteiger partial charge in [-0.15, -0.1) is 0 Å². The second-order valence-corrected chi connectivity index (χ2v) is 5.84. The third-order valence-electron chi connectivity index (χ3n) is 4.35. The van der Waals surface area contributed by atoms with Gasteiger partial charge in [0.25, 0.3) is 0 Å². The summed E-state index contributed by atoms with van der Waals surface area (Å²) >= 11 is 0. The number of likely N-dealkylation sites (tertiary alicyclic amines) is 1. The van der Waals surface area contributed by atoms with Crippen molar-refractivity contribution in [2.75, 3.05) is 20.1 Å². The van der Waals surface area contributed by atoms with Crippen molar-refractivity contribution in [3.05, 3.63) is 29.6 Å². The topological polar surface area (TPSA) is 32.7 Å². The molecule has 1 saturated heterocycles. The Morgan fingerprint density at radius 3 is 3.05 bits per heavy atom. The van der Waals surface area contributed by atoms with E-state index in [-0.39, 0.29) is 11.4 Å². The first-order valence-electron chi connectivity index (χ1n) is 6.93. The van der Waals surface area contributed by atoms with Gasteiger partial charge in [0.15, 0.2) is 0 Å². The third-order valence-corrected chi connectivity index (χ3v) is 4.35. The van der Waals surface area contributed by atoms with E-state index < -0.39 is 6.10 Å². The lowest BCUT2D eigenvalue weighted by atomic mass is 9.83. The molecule has 19 heavy (non-hydrogen) atoms. The lowest BCUT2D eigenvalue weighted by Crippen LogP contribution is -2.41. The Bertz CT molecular complexity index is 479. The summed E-state index contributed by atoms with van der Waals surface area (Å²) in [5, 5.41) is 10.3. The summed E-state index contributed by atoms with van der Waals surface area (Å²) in [5.74, 6) is 0.206. The summed E-state index contributed by atoms with van der Waals surface area (Å²) in [6.07, 6.45) is 2.92. The van der Waals surface area contributed by atoms with Crippen LogP contribution in [0.1, 0.15) is 37.4 Å². The van der Waals surface area contributed by atoms with Crippen LogP contribution in [0.15, 0.2) is 18.2 Å². The van der Waals surface area contributed by atoms with Crippen LogP contribution in [0.2, 0.25) is 0 Å². The van der Waals surface area contributed by atoms with E-state index in [2.05, 4.69) is 11.9 Å². The number of hydrogen-bond acceptors (Lipinski definition) is 3. The molecule has 0 aliphatic carbocycles. The Kier molecular flexibility index (Phi) is 3.23. The number of fused-ring (bicyclic) bond motifs is 1. The van der Waals surface area contributed by atoms with Crippen LogP contribution in [0.3, 0.4) is 0 Å². The molecule has 4 heteroatoms. The highest BCUT2D eigenvalue weighted by atomic mass is 19.1. The molecule has 1 unspecified atom stereocenters. The fraction of sp³-hybridized carbons (Fsp3) is 0.600. The number of ether oxygens (including phenoxy) is 1. The van der Waals surface area contributed by atoms with Gasteiger partial charge in [-0.1, -0.05) is 0 Å². The molecule has 0 amide bonds. The van der Waals surface area contributed by atoms with Gasteiger partial charge < -0.3 is 14.7 Å². The number of halogens is 1. The number of nitrogens with zero attached hydrogens (tertiary/aromatic N) is 1. The predicted molar refractivity (Wildman–Crippen MR) is 70.7 cm³/mol. The summed E-state index contributed by atoms with van der Waals surface area (Å²) in [7, 11) is 2.10. The molecular weight excluding hydrogens is 245 g/mol. The average molecular weight is 265 g/mol. The predicted octanol–water partition coefficient (Wildman–Crippen LogP) is 2.50. The fourth-order valence-electron chi connectivity index (χ4n) is 3.22. The van der Waals surface area contributed by atoms with Gasteiger partial charge in [0.1, 0.15) is 17.2 Å². The van der Waals surface area contributed by atoms with Crippen molar-refractivity contribution in [3.63, 3.8) is 0 Å². The first kappa shape index (κ1) is 12.9. The van der Waals surface area contributed by atoms with Crippen LogP contribution in [0.5, 0.6) is 5.75 Å². The maximum absolute atomic E-state index is 13.3. The van der Waals surface area contributed by atoms with E-state index in [4.69, 9.17) is 4.74 Å². The van der Waals surface area contributed by atoms with Gasteiger partial charge >= 0.3 is 0 Å². The minimum atomic E-state index is -0.548. The second-order valence-electron chi connectivity index (χ2n) is 5.84. The molecule has 0 saturated carbocycles. The standard InChI is InChI=1S/C15H20FNO2/c1-17-7-2-5-15(6-8-17)10-13(18)12-4-3-11(16)9-14(12)19-15/h3-4,9,13,18H,2,5-8,10H2,1H3/t13-,15?/m0/s1. The molecule has 1 spiro atoms. The molecule has 1 aromatic rings. The first-order valence-corrected chi connectivity index (χ1v) is 6.93. The molecule has 0 bridgehead atoms. The molecule has 0 aromatic heterocycles. The molecule has 104 valence electrons. The summed E-state index contributed by atoms with van der Waals surface area (Å²) in [6, 6.07) is 4.41. The minimum absolute atomic E-state index is 0.311. The molecule has 0 radical (unpaired) electrons. The molecular formula is C15H20FNO2. The van der Waals surface area contributed by atoms with Crippen molar-refractivity contribution in [1.29, 1.82) is 0 Å². The van der Waals surface area contributed by atoms with Gasteiger partial charge in [-0.05, 0) is 45.0 Å². The van der Waals surface area contributed by atoms with Crippen LogP contribution in [-0.2, 0) is 0 Å². The summed E-state index contributed by atoms with van der Waals surface area (Å²) in [6.45, 7) is 2.01. The smallest absolute Gasteiger partial charge is 0.128 e. The van der Waals surface area contributed by atoms with Gasteiger partial charge in [0, 0.05) is 24.6 Å². The molecule has 3 rings (SSSR count). The van der Waals surface area contributed by atoms with Crippen LogP contribution in [0.25, 0.3) is 0 Å². The van der Waals surface area contributed by atoms with Crippen molar-refractivity contribution in [1.82, 2.24) is 4.90 Å². The maximum atomic E-state index is 13.3. The van der Waals surface area contributed by atoms with Crippen molar-refractivity contribution < 1.29 is 14.2 Å². The van der Waals surface area contributed by atoms with Crippen LogP contribution in [0, 0.1) is 5.82 Å². The zero-order valence-electron chi connectivity index (χ0n) is 11.2. The van der Waals surface area contributed by atoms with E-state index in [1.54, 1.807) is 6.07 Å². The Morgan fingerprint density at radius 1 is 1.37 bits per heavy atom. The molecule has 2 heterocycles. The lowest BCUT2D eigenvalue weighted by Gasteiger charge is -2.40. The lowest BCUT2D eigenvalue weighted by molar-refractivity contribution is -0.0238.